The largest absolute Gasteiger partial charge is 0.231 e. The summed E-state index contributed by atoms with van der Waals surface area (Å²) in [4.78, 5) is 16.5. The van der Waals surface area contributed by atoms with Crippen LogP contribution < -0.4 is 0 Å². The van der Waals surface area contributed by atoms with Crippen molar-refractivity contribution >= 4 is 23.4 Å². The molecular weight excluding hydrogens is 244 g/mol. The lowest BCUT2D eigenvalue weighted by molar-refractivity contribution is 0.922. The zero-order valence-corrected chi connectivity index (χ0v) is 10.4. The maximum Gasteiger partial charge on any atom is 0.223 e. The number of halogens is 1. The first kappa shape index (κ1) is 11.3. The third kappa shape index (κ3) is 2.90. The quantitative estimate of drug-likeness (QED) is 0.608. The lowest BCUT2D eigenvalue weighted by atomic mass is 10.5. The molecule has 2 rings (SSSR count). The molecule has 2 aromatic heterocycles. The monoisotopic (exact) mass is 252 g/mol. The van der Waals surface area contributed by atoms with Crippen molar-refractivity contribution in [3.8, 4) is 0 Å². The summed E-state index contributed by atoms with van der Waals surface area (Å²) >= 11 is 7.14. The SMILES string of the molecule is Cc1cc(Sc2nccc(C)n2)nc(Cl)n1. The van der Waals surface area contributed by atoms with Crippen molar-refractivity contribution in [3.05, 3.63) is 35.0 Å². The van der Waals surface area contributed by atoms with Gasteiger partial charge in [0.15, 0.2) is 5.16 Å². The van der Waals surface area contributed by atoms with Gasteiger partial charge < -0.3 is 0 Å². The van der Waals surface area contributed by atoms with E-state index in [4.69, 9.17) is 11.6 Å². The van der Waals surface area contributed by atoms with Gasteiger partial charge in [-0.15, -0.1) is 0 Å². The number of hydrogen-bond acceptors (Lipinski definition) is 5. The summed E-state index contributed by atoms with van der Waals surface area (Å²) in [5.74, 6) is 0. The van der Waals surface area contributed by atoms with Gasteiger partial charge in [-0.3, -0.25) is 0 Å². The first-order valence-electron chi connectivity index (χ1n) is 4.62. The molecule has 0 aliphatic rings. The van der Waals surface area contributed by atoms with E-state index in [2.05, 4.69) is 19.9 Å². The highest BCUT2D eigenvalue weighted by Gasteiger charge is 2.04. The van der Waals surface area contributed by atoms with Crippen molar-refractivity contribution in [2.75, 3.05) is 0 Å². The van der Waals surface area contributed by atoms with E-state index in [0.29, 0.717) is 5.16 Å². The van der Waals surface area contributed by atoms with E-state index in [-0.39, 0.29) is 5.28 Å². The standard InChI is InChI=1S/C10H9ClN4S/c1-6-3-4-12-10(14-6)16-8-5-7(2)13-9(11)15-8/h3-5H,1-2H3. The molecule has 0 N–H and O–H groups in total. The number of nitrogens with zero attached hydrogens (tertiary/aromatic N) is 4. The summed E-state index contributed by atoms with van der Waals surface area (Å²) < 4.78 is 0. The van der Waals surface area contributed by atoms with E-state index in [1.54, 1.807) is 6.20 Å². The van der Waals surface area contributed by atoms with Crippen molar-refractivity contribution in [1.82, 2.24) is 19.9 Å². The fourth-order valence-corrected chi connectivity index (χ4v) is 2.25. The van der Waals surface area contributed by atoms with Gasteiger partial charge in [0, 0.05) is 17.6 Å². The Kier molecular flexibility index (Phi) is 3.36. The molecule has 16 heavy (non-hydrogen) atoms. The van der Waals surface area contributed by atoms with Crippen LogP contribution >= 0.6 is 23.4 Å². The van der Waals surface area contributed by atoms with Gasteiger partial charge in [-0.1, -0.05) is 0 Å². The highest BCUT2D eigenvalue weighted by molar-refractivity contribution is 7.99. The van der Waals surface area contributed by atoms with Gasteiger partial charge >= 0.3 is 0 Å². The van der Waals surface area contributed by atoms with E-state index < -0.39 is 0 Å². The third-order valence-corrected chi connectivity index (χ3v) is 2.74. The van der Waals surface area contributed by atoms with Crippen molar-refractivity contribution in [2.45, 2.75) is 24.0 Å². The van der Waals surface area contributed by atoms with E-state index in [1.807, 2.05) is 26.0 Å². The highest BCUT2D eigenvalue weighted by Crippen LogP contribution is 2.23. The maximum atomic E-state index is 5.77. The second kappa shape index (κ2) is 4.76. The number of aryl methyl sites for hydroxylation is 2. The predicted molar refractivity (Wildman–Crippen MR) is 62.7 cm³/mol. The minimum atomic E-state index is 0.246. The van der Waals surface area contributed by atoms with Gasteiger partial charge in [0.05, 0.1) is 0 Å². The Morgan fingerprint density at radius 2 is 1.94 bits per heavy atom. The zero-order valence-electron chi connectivity index (χ0n) is 8.81. The number of rotatable bonds is 2. The molecule has 4 nitrogen and oxygen atoms in total. The molecule has 0 unspecified atom stereocenters. The first-order valence-corrected chi connectivity index (χ1v) is 5.81. The summed E-state index contributed by atoms with van der Waals surface area (Å²) in [6, 6.07) is 3.70. The smallest absolute Gasteiger partial charge is 0.223 e. The van der Waals surface area contributed by atoms with Gasteiger partial charge in [0.25, 0.3) is 0 Å². The molecule has 0 atom stereocenters. The van der Waals surface area contributed by atoms with Crippen LogP contribution in [0.15, 0.2) is 28.5 Å². The molecule has 2 aromatic rings. The van der Waals surface area contributed by atoms with Crippen LogP contribution in [-0.2, 0) is 0 Å². The van der Waals surface area contributed by atoms with Gasteiger partial charge in [-0.05, 0) is 49.3 Å². The van der Waals surface area contributed by atoms with Crippen molar-refractivity contribution < 1.29 is 0 Å². The fourth-order valence-electron chi connectivity index (χ4n) is 1.13. The number of hydrogen-bond donors (Lipinski definition) is 0. The molecular formula is C10H9ClN4S. The molecule has 0 fully saturated rings. The molecule has 0 amide bonds. The molecule has 0 aliphatic heterocycles. The fraction of sp³-hybridized carbons (Fsp3) is 0.200. The van der Waals surface area contributed by atoms with Gasteiger partial charge in [-0.2, -0.15) is 0 Å². The van der Waals surface area contributed by atoms with Crippen molar-refractivity contribution in [3.63, 3.8) is 0 Å². The third-order valence-electron chi connectivity index (χ3n) is 1.77. The Labute approximate surface area is 103 Å². The van der Waals surface area contributed by atoms with E-state index in [1.165, 1.54) is 11.8 Å². The molecule has 0 saturated heterocycles. The summed E-state index contributed by atoms with van der Waals surface area (Å²) in [6.07, 6.45) is 1.72. The summed E-state index contributed by atoms with van der Waals surface area (Å²) in [5.41, 5.74) is 1.75. The van der Waals surface area contributed by atoms with E-state index in [0.717, 1.165) is 16.4 Å². The van der Waals surface area contributed by atoms with Crippen LogP contribution in [0.5, 0.6) is 0 Å². The van der Waals surface area contributed by atoms with Crippen LogP contribution in [0, 0.1) is 13.8 Å². The minimum Gasteiger partial charge on any atom is -0.231 e. The molecule has 0 radical (unpaired) electrons. The second-order valence-electron chi connectivity index (χ2n) is 3.20. The highest BCUT2D eigenvalue weighted by atomic mass is 35.5. The maximum absolute atomic E-state index is 5.77. The molecule has 0 spiro atoms. The normalized spacial score (nSPS) is 10.4. The summed E-state index contributed by atoms with van der Waals surface area (Å²) in [6.45, 7) is 3.79. The molecule has 0 bridgehead atoms. The Morgan fingerprint density at radius 1 is 1.12 bits per heavy atom. The summed E-state index contributed by atoms with van der Waals surface area (Å²) in [5, 5.41) is 1.66. The molecule has 6 heteroatoms. The average Bonchev–Trinajstić information content (AvgIpc) is 2.15. The predicted octanol–water partition coefficient (Wildman–Crippen LogP) is 2.69. The molecule has 82 valence electrons. The molecule has 0 saturated carbocycles. The minimum absolute atomic E-state index is 0.246. The average molecular weight is 253 g/mol. The second-order valence-corrected chi connectivity index (χ2v) is 4.52. The first-order chi connectivity index (χ1) is 7.63. The Bertz CT molecular complexity index is 498. The van der Waals surface area contributed by atoms with Crippen LogP contribution in [0.25, 0.3) is 0 Å². The van der Waals surface area contributed by atoms with Gasteiger partial charge in [-0.25, -0.2) is 19.9 Å². The van der Waals surface area contributed by atoms with E-state index in [9.17, 15) is 0 Å². The van der Waals surface area contributed by atoms with Gasteiger partial charge in [0.2, 0.25) is 5.28 Å². The molecule has 0 aliphatic carbocycles. The molecule has 2 heterocycles. The zero-order chi connectivity index (χ0) is 11.5. The van der Waals surface area contributed by atoms with Crippen LogP contribution in [0.4, 0.5) is 0 Å². The van der Waals surface area contributed by atoms with Gasteiger partial charge in [0.1, 0.15) is 5.03 Å². The Morgan fingerprint density at radius 3 is 2.62 bits per heavy atom. The molecule has 0 aromatic carbocycles. The van der Waals surface area contributed by atoms with Crippen LogP contribution in [0.1, 0.15) is 11.4 Å². The topological polar surface area (TPSA) is 51.6 Å². The van der Waals surface area contributed by atoms with Crippen molar-refractivity contribution in [1.29, 1.82) is 0 Å². The number of aromatic nitrogens is 4. The van der Waals surface area contributed by atoms with Crippen LogP contribution in [0.3, 0.4) is 0 Å². The van der Waals surface area contributed by atoms with Crippen LogP contribution in [-0.4, -0.2) is 19.9 Å². The van der Waals surface area contributed by atoms with E-state index >= 15 is 0 Å². The Balaban J connectivity index is 2.27. The van der Waals surface area contributed by atoms with Crippen molar-refractivity contribution in [2.24, 2.45) is 0 Å². The van der Waals surface area contributed by atoms with Crippen LogP contribution in [0.2, 0.25) is 5.28 Å². The lowest BCUT2D eigenvalue weighted by Crippen LogP contribution is -1.92. The summed E-state index contributed by atoms with van der Waals surface area (Å²) in [7, 11) is 0. The Hall–Kier alpha value is -1.20. The lowest BCUT2D eigenvalue weighted by Gasteiger charge is -2.01.